The molecule has 0 saturated carbocycles. The zero-order chi connectivity index (χ0) is 12.5. The second-order valence-electron chi connectivity index (χ2n) is 5.05. The number of benzene rings is 1. The van der Waals surface area contributed by atoms with Crippen LogP contribution in [0.3, 0.4) is 0 Å². The quantitative estimate of drug-likeness (QED) is 0.825. The van der Waals surface area contributed by atoms with Gasteiger partial charge in [0.15, 0.2) is 0 Å². The van der Waals surface area contributed by atoms with Crippen molar-refractivity contribution >= 4 is 5.91 Å². The summed E-state index contributed by atoms with van der Waals surface area (Å²) < 4.78 is 13.1. The van der Waals surface area contributed by atoms with Gasteiger partial charge in [-0.25, -0.2) is 4.39 Å². The van der Waals surface area contributed by atoms with Crippen LogP contribution in [0.15, 0.2) is 24.3 Å². The molecule has 1 amide bonds. The molecule has 1 aliphatic heterocycles. The third-order valence-corrected chi connectivity index (χ3v) is 3.56. The molecule has 1 fully saturated rings. The highest BCUT2D eigenvalue weighted by Gasteiger charge is 2.42. The number of primary amides is 1. The average molecular weight is 236 g/mol. The van der Waals surface area contributed by atoms with E-state index in [9.17, 15) is 9.18 Å². The number of halogens is 1. The van der Waals surface area contributed by atoms with Crippen LogP contribution in [0.25, 0.3) is 0 Å². The summed E-state index contributed by atoms with van der Waals surface area (Å²) in [5, 5.41) is 3.18. The summed E-state index contributed by atoms with van der Waals surface area (Å²) in [6.45, 7) is 3.37. The molecule has 1 saturated heterocycles. The van der Waals surface area contributed by atoms with Crippen LogP contribution in [0.5, 0.6) is 0 Å². The summed E-state index contributed by atoms with van der Waals surface area (Å²) in [5.74, 6) is -0.715. The summed E-state index contributed by atoms with van der Waals surface area (Å²) in [4.78, 5) is 11.4. The second kappa shape index (κ2) is 4.45. The minimum Gasteiger partial charge on any atom is -0.369 e. The normalized spacial score (nSPS) is 28.2. The van der Waals surface area contributed by atoms with Crippen molar-refractivity contribution < 1.29 is 9.18 Å². The van der Waals surface area contributed by atoms with Gasteiger partial charge in [0.05, 0.1) is 5.92 Å². The van der Waals surface area contributed by atoms with E-state index in [4.69, 9.17) is 5.73 Å². The first-order chi connectivity index (χ1) is 8.01. The smallest absolute Gasteiger partial charge is 0.222 e. The van der Waals surface area contributed by atoms with Crippen molar-refractivity contribution in [1.29, 1.82) is 0 Å². The first kappa shape index (κ1) is 12.0. The minimum absolute atomic E-state index is 0.189. The Bertz CT molecular complexity index is 435. The first-order valence-electron chi connectivity index (χ1n) is 5.76. The highest BCUT2D eigenvalue weighted by molar-refractivity contribution is 5.78. The van der Waals surface area contributed by atoms with Crippen molar-refractivity contribution in [2.45, 2.75) is 13.3 Å². The number of nitrogens with two attached hydrogens (primary N) is 1. The third-order valence-electron chi connectivity index (χ3n) is 3.56. The largest absolute Gasteiger partial charge is 0.369 e. The van der Waals surface area contributed by atoms with Gasteiger partial charge in [-0.1, -0.05) is 19.1 Å². The molecule has 2 atom stereocenters. The molecule has 2 rings (SSSR count). The van der Waals surface area contributed by atoms with Gasteiger partial charge in [-0.05, 0) is 29.5 Å². The molecule has 1 aromatic carbocycles. The fraction of sp³-hybridized carbons (Fsp3) is 0.462. The Balaban J connectivity index is 2.19. The number of nitrogens with one attached hydrogen (secondary N) is 1. The number of rotatable bonds is 3. The van der Waals surface area contributed by atoms with E-state index < -0.39 is 0 Å². The van der Waals surface area contributed by atoms with Gasteiger partial charge in [-0.2, -0.15) is 0 Å². The second-order valence-corrected chi connectivity index (χ2v) is 5.05. The van der Waals surface area contributed by atoms with Gasteiger partial charge in [-0.3, -0.25) is 4.79 Å². The van der Waals surface area contributed by atoms with Crippen molar-refractivity contribution in [3.8, 4) is 0 Å². The van der Waals surface area contributed by atoms with Crippen molar-refractivity contribution in [3.63, 3.8) is 0 Å². The molecule has 92 valence electrons. The van der Waals surface area contributed by atoms with Crippen molar-refractivity contribution in [1.82, 2.24) is 5.32 Å². The van der Waals surface area contributed by atoms with Gasteiger partial charge >= 0.3 is 0 Å². The summed E-state index contributed by atoms with van der Waals surface area (Å²) in [7, 11) is 0. The predicted octanol–water partition coefficient (Wildman–Crippen LogP) is 1.08. The van der Waals surface area contributed by atoms with Crippen molar-refractivity contribution in [2.24, 2.45) is 17.1 Å². The summed E-state index contributed by atoms with van der Waals surface area (Å²) in [6.07, 6.45) is 0.658. The standard InChI is InChI=1S/C13H17FN2O/c1-13(8-16-7-11(13)12(15)17)6-9-3-2-4-10(14)5-9/h2-5,11,16H,6-8H2,1H3,(H2,15,17). The Morgan fingerprint density at radius 2 is 2.41 bits per heavy atom. The fourth-order valence-corrected chi connectivity index (χ4v) is 2.61. The van der Waals surface area contributed by atoms with E-state index in [0.29, 0.717) is 13.0 Å². The molecule has 2 unspecified atom stereocenters. The molecular weight excluding hydrogens is 219 g/mol. The van der Waals surface area contributed by atoms with Crippen LogP contribution in [-0.2, 0) is 11.2 Å². The lowest BCUT2D eigenvalue weighted by molar-refractivity contribution is -0.123. The Morgan fingerprint density at radius 1 is 1.65 bits per heavy atom. The monoisotopic (exact) mass is 236 g/mol. The maximum atomic E-state index is 13.1. The minimum atomic E-state index is -0.283. The maximum absolute atomic E-state index is 13.1. The Kier molecular flexibility index (Phi) is 3.15. The lowest BCUT2D eigenvalue weighted by atomic mass is 9.75. The Morgan fingerprint density at radius 3 is 3.06 bits per heavy atom. The molecule has 1 aliphatic rings. The number of carbonyl (C=O) groups excluding carboxylic acids is 1. The van der Waals surface area contributed by atoms with Crippen LogP contribution >= 0.6 is 0 Å². The topological polar surface area (TPSA) is 55.1 Å². The molecular formula is C13H17FN2O. The molecule has 0 spiro atoms. The van der Waals surface area contributed by atoms with E-state index >= 15 is 0 Å². The van der Waals surface area contributed by atoms with Crippen molar-refractivity contribution in [2.75, 3.05) is 13.1 Å². The third kappa shape index (κ3) is 2.47. The van der Waals surface area contributed by atoms with E-state index in [2.05, 4.69) is 5.32 Å². The maximum Gasteiger partial charge on any atom is 0.222 e. The van der Waals surface area contributed by atoms with Crippen LogP contribution in [0.1, 0.15) is 12.5 Å². The van der Waals surface area contributed by atoms with Crippen LogP contribution < -0.4 is 11.1 Å². The van der Waals surface area contributed by atoms with Crippen molar-refractivity contribution in [3.05, 3.63) is 35.6 Å². The Hall–Kier alpha value is -1.42. The number of carbonyl (C=O) groups is 1. The summed E-state index contributed by atoms with van der Waals surface area (Å²) in [5.41, 5.74) is 6.09. The lowest BCUT2D eigenvalue weighted by Crippen LogP contribution is -2.38. The Labute approximate surface area is 100 Å². The van der Waals surface area contributed by atoms with Crippen LogP contribution in [-0.4, -0.2) is 19.0 Å². The number of amides is 1. The molecule has 17 heavy (non-hydrogen) atoms. The molecule has 0 aromatic heterocycles. The molecule has 3 N–H and O–H groups in total. The lowest BCUT2D eigenvalue weighted by Gasteiger charge is -2.28. The van der Waals surface area contributed by atoms with E-state index in [1.54, 1.807) is 6.07 Å². The fourth-order valence-electron chi connectivity index (χ4n) is 2.61. The summed E-state index contributed by atoms with van der Waals surface area (Å²) >= 11 is 0. The molecule has 0 aliphatic carbocycles. The van der Waals surface area contributed by atoms with E-state index in [1.807, 2.05) is 13.0 Å². The molecule has 0 bridgehead atoms. The van der Waals surface area contributed by atoms with E-state index in [1.165, 1.54) is 12.1 Å². The molecule has 0 radical (unpaired) electrons. The first-order valence-corrected chi connectivity index (χ1v) is 5.76. The molecule has 1 aromatic rings. The number of hydrogen-bond acceptors (Lipinski definition) is 2. The number of hydrogen-bond donors (Lipinski definition) is 2. The molecule has 3 nitrogen and oxygen atoms in total. The van der Waals surface area contributed by atoms with Gasteiger partial charge in [0.25, 0.3) is 0 Å². The van der Waals surface area contributed by atoms with Crippen LogP contribution in [0.2, 0.25) is 0 Å². The predicted molar refractivity (Wildman–Crippen MR) is 63.8 cm³/mol. The van der Waals surface area contributed by atoms with Crippen LogP contribution in [0, 0.1) is 17.2 Å². The zero-order valence-electron chi connectivity index (χ0n) is 9.87. The summed E-state index contributed by atoms with van der Waals surface area (Å²) in [6, 6.07) is 6.51. The van der Waals surface area contributed by atoms with Gasteiger partial charge in [0.1, 0.15) is 5.82 Å². The molecule has 4 heteroatoms. The van der Waals surface area contributed by atoms with Gasteiger partial charge in [-0.15, -0.1) is 0 Å². The van der Waals surface area contributed by atoms with Gasteiger partial charge < -0.3 is 11.1 Å². The zero-order valence-corrected chi connectivity index (χ0v) is 9.87. The van der Waals surface area contributed by atoms with Gasteiger partial charge in [0, 0.05) is 13.1 Å². The van der Waals surface area contributed by atoms with Gasteiger partial charge in [0.2, 0.25) is 5.91 Å². The highest BCUT2D eigenvalue weighted by Crippen LogP contribution is 2.34. The average Bonchev–Trinajstić information content (AvgIpc) is 2.59. The SMILES string of the molecule is CC1(Cc2cccc(F)c2)CNCC1C(N)=O. The van der Waals surface area contributed by atoms with E-state index in [-0.39, 0.29) is 23.1 Å². The molecule has 1 heterocycles. The van der Waals surface area contributed by atoms with Crippen LogP contribution in [0.4, 0.5) is 4.39 Å². The highest BCUT2D eigenvalue weighted by atomic mass is 19.1. The van der Waals surface area contributed by atoms with E-state index in [0.717, 1.165) is 12.1 Å².